The molecule has 4 nitrogen and oxygen atoms in total. The van der Waals surface area contributed by atoms with Crippen molar-refractivity contribution >= 4 is 28.8 Å². The van der Waals surface area contributed by atoms with Gasteiger partial charge in [0.1, 0.15) is 4.99 Å². The van der Waals surface area contributed by atoms with Gasteiger partial charge in [-0.25, -0.2) is 0 Å². The average Bonchev–Trinajstić information content (AvgIpc) is 2.77. The van der Waals surface area contributed by atoms with Crippen molar-refractivity contribution in [3.8, 4) is 0 Å². The number of thiocarbonyl (C=S) groups is 1. The Labute approximate surface area is 129 Å². The number of hydrogen-bond donors (Lipinski definition) is 1. The van der Waals surface area contributed by atoms with Crippen molar-refractivity contribution in [1.82, 2.24) is 14.7 Å². The summed E-state index contributed by atoms with van der Waals surface area (Å²) in [6.07, 6.45) is 3.88. The summed E-state index contributed by atoms with van der Waals surface area (Å²) in [5, 5.41) is 4.85. The second-order valence-corrected chi connectivity index (χ2v) is 5.71. The van der Waals surface area contributed by atoms with Crippen molar-refractivity contribution in [3.63, 3.8) is 0 Å². The van der Waals surface area contributed by atoms with Crippen molar-refractivity contribution in [2.24, 2.45) is 12.8 Å². The van der Waals surface area contributed by atoms with Gasteiger partial charge in [-0.3, -0.25) is 9.58 Å². The van der Waals surface area contributed by atoms with Gasteiger partial charge in [-0.05, 0) is 18.7 Å². The van der Waals surface area contributed by atoms with Crippen LogP contribution in [0.1, 0.15) is 16.7 Å². The van der Waals surface area contributed by atoms with Gasteiger partial charge in [0.05, 0.1) is 6.20 Å². The van der Waals surface area contributed by atoms with Crippen LogP contribution in [-0.4, -0.2) is 26.7 Å². The molecule has 2 aromatic rings. The third-order valence-electron chi connectivity index (χ3n) is 2.99. The summed E-state index contributed by atoms with van der Waals surface area (Å²) in [7, 11) is 3.96. The molecule has 1 heterocycles. The molecule has 2 N–H and O–H groups in total. The van der Waals surface area contributed by atoms with Crippen LogP contribution in [0.15, 0.2) is 30.6 Å². The number of aromatic nitrogens is 2. The monoisotopic (exact) mass is 308 g/mol. The smallest absolute Gasteiger partial charge is 0.104 e. The molecule has 2 rings (SSSR count). The highest BCUT2D eigenvalue weighted by Gasteiger charge is 2.08. The van der Waals surface area contributed by atoms with Gasteiger partial charge in [0.2, 0.25) is 0 Å². The zero-order valence-electron chi connectivity index (χ0n) is 11.5. The van der Waals surface area contributed by atoms with Gasteiger partial charge in [0.15, 0.2) is 0 Å². The van der Waals surface area contributed by atoms with Gasteiger partial charge in [-0.15, -0.1) is 0 Å². The van der Waals surface area contributed by atoms with Gasteiger partial charge in [-0.2, -0.15) is 5.10 Å². The van der Waals surface area contributed by atoms with E-state index in [0.717, 1.165) is 24.2 Å². The molecule has 0 bridgehead atoms. The van der Waals surface area contributed by atoms with Crippen molar-refractivity contribution in [2.75, 3.05) is 7.05 Å². The third-order valence-corrected chi connectivity index (χ3v) is 3.58. The summed E-state index contributed by atoms with van der Waals surface area (Å²) < 4.78 is 1.80. The van der Waals surface area contributed by atoms with E-state index in [1.54, 1.807) is 4.68 Å². The molecule has 0 amide bonds. The Morgan fingerprint density at radius 3 is 2.75 bits per heavy atom. The molecule has 0 aliphatic heterocycles. The summed E-state index contributed by atoms with van der Waals surface area (Å²) in [4.78, 5) is 2.54. The Bertz CT molecular complexity index is 623. The van der Waals surface area contributed by atoms with E-state index in [2.05, 4.69) is 10.00 Å². The first-order chi connectivity index (χ1) is 9.45. The molecular weight excluding hydrogens is 292 g/mol. The fraction of sp³-hybridized carbons (Fsp3) is 0.286. The fourth-order valence-electron chi connectivity index (χ4n) is 2.04. The van der Waals surface area contributed by atoms with Crippen LogP contribution in [0.5, 0.6) is 0 Å². The largest absolute Gasteiger partial charge is 0.389 e. The van der Waals surface area contributed by atoms with Crippen molar-refractivity contribution in [1.29, 1.82) is 0 Å². The highest BCUT2D eigenvalue weighted by Crippen LogP contribution is 2.20. The van der Waals surface area contributed by atoms with E-state index >= 15 is 0 Å². The van der Waals surface area contributed by atoms with Crippen LogP contribution in [0.25, 0.3) is 0 Å². The second-order valence-electron chi connectivity index (χ2n) is 4.86. The van der Waals surface area contributed by atoms with E-state index in [9.17, 15) is 0 Å². The van der Waals surface area contributed by atoms with Crippen LogP contribution < -0.4 is 5.73 Å². The minimum atomic E-state index is 0.363. The molecule has 1 aromatic heterocycles. The minimum absolute atomic E-state index is 0.363. The summed E-state index contributed by atoms with van der Waals surface area (Å²) in [6, 6.07) is 5.69. The summed E-state index contributed by atoms with van der Waals surface area (Å²) >= 11 is 11.2. The van der Waals surface area contributed by atoms with Crippen LogP contribution in [0.3, 0.4) is 0 Å². The molecule has 1 aromatic carbocycles. The maximum absolute atomic E-state index is 6.27. The van der Waals surface area contributed by atoms with E-state index in [-0.39, 0.29) is 0 Å². The molecule has 0 aliphatic rings. The SMILES string of the molecule is CN(Cc1cnn(C)c1)Cc1ccc(C(N)=S)cc1Cl. The van der Waals surface area contributed by atoms with Crippen LogP contribution in [0.2, 0.25) is 5.02 Å². The highest BCUT2D eigenvalue weighted by molar-refractivity contribution is 7.80. The number of nitrogens with zero attached hydrogens (tertiary/aromatic N) is 3. The lowest BCUT2D eigenvalue weighted by Gasteiger charge is -2.17. The Morgan fingerprint density at radius 2 is 2.20 bits per heavy atom. The molecule has 20 heavy (non-hydrogen) atoms. The molecule has 0 fully saturated rings. The van der Waals surface area contributed by atoms with Crippen LogP contribution in [0, 0.1) is 0 Å². The van der Waals surface area contributed by atoms with Crippen LogP contribution >= 0.6 is 23.8 Å². The van der Waals surface area contributed by atoms with Gasteiger partial charge in [0, 0.05) is 42.5 Å². The van der Waals surface area contributed by atoms with E-state index < -0.39 is 0 Å². The maximum atomic E-state index is 6.27. The van der Waals surface area contributed by atoms with Crippen molar-refractivity contribution < 1.29 is 0 Å². The summed E-state index contributed by atoms with van der Waals surface area (Å²) in [5.74, 6) is 0. The van der Waals surface area contributed by atoms with E-state index in [1.807, 2.05) is 44.7 Å². The van der Waals surface area contributed by atoms with E-state index in [1.165, 1.54) is 5.56 Å². The number of rotatable bonds is 5. The van der Waals surface area contributed by atoms with E-state index in [0.29, 0.717) is 10.0 Å². The number of nitrogens with two attached hydrogens (primary N) is 1. The summed E-state index contributed by atoms with van der Waals surface area (Å²) in [6.45, 7) is 1.58. The lowest BCUT2D eigenvalue weighted by atomic mass is 10.1. The van der Waals surface area contributed by atoms with Gasteiger partial charge >= 0.3 is 0 Å². The third kappa shape index (κ3) is 3.79. The number of benzene rings is 1. The predicted molar refractivity (Wildman–Crippen MR) is 85.7 cm³/mol. The molecule has 106 valence electrons. The second kappa shape index (κ2) is 6.35. The first-order valence-electron chi connectivity index (χ1n) is 6.20. The molecule has 0 saturated carbocycles. The number of aryl methyl sites for hydroxylation is 1. The van der Waals surface area contributed by atoms with Crippen LogP contribution in [0.4, 0.5) is 0 Å². The fourth-order valence-corrected chi connectivity index (χ4v) is 2.41. The lowest BCUT2D eigenvalue weighted by molar-refractivity contribution is 0.319. The van der Waals surface area contributed by atoms with Crippen molar-refractivity contribution in [2.45, 2.75) is 13.1 Å². The molecule has 0 spiro atoms. The number of halogens is 1. The maximum Gasteiger partial charge on any atom is 0.104 e. The van der Waals surface area contributed by atoms with Crippen LogP contribution in [-0.2, 0) is 20.1 Å². The topological polar surface area (TPSA) is 47.1 Å². The average molecular weight is 309 g/mol. The lowest BCUT2D eigenvalue weighted by Crippen LogP contribution is -2.17. The summed E-state index contributed by atoms with van der Waals surface area (Å²) in [5.41, 5.74) is 8.61. The molecule has 0 aliphatic carbocycles. The van der Waals surface area contributed by atoms with Gasteiger partial charge in [0.25, 0.3) is 0 Å². The highest BCUT2D eigenvalue weighted by atomic mass is 35.5. The zero-order chi connectivity index (χ0) is 14.7. The first-order valence-corrected chi connectivity index (χ1v) is 6.98. The first kappa shape index (κ1) is 15.0. The zero-order valence-corrected chi connectivity index (χ0v) is 13.1. The number of hydrogen-bond acceptors (Lipinski definition) is 3. The molecular formula is C14H17ClN4S. The Hall–Kier alpha value is -1.43. The standard InChI is InChI=1S/C14H17ClN4S/c1-18(7-10-6-17-19(2)8-10)9-12-4-3-11(14(16)20)5-13(12)15/h3-6,8H,7,9H2,1-2H3,(H2,16,20). The van der Waals surface area contributed by atoms with Crippen molar-refractivity contribution in [3.05, 3.63) is 52.3 Å². The molecule has 0 atom stereocenters. The predicted octanol–water partition coefficient (Wildman–Crippen LogP) is 2.34. The molecule has 0 radical (unpaired) electrons. The van der Waals surface area contributed by atoms with E-state index in [4.69, 9.17) is 29.6 Å². The Balaban J connectivity index is 2.04. The minimum Gasteiger partial charge on any atom is -0.389 e. The Kier molecular flexibility index (Phi) is 4.75. The molecule has 0 unspecified atom stereocenters. The normalized spacial score (nSPS) is 11.0. The molecule has 0 saturated heterocycles. The van der Waals surface area contributed by atoms with Gasteiger partial charge in [-0.1, -0.05) is 36.0 Å². The molecule has 6 heteroatoms. The Morgan fingerprint density at radius 1 is 1.45 bits per heavy atom. The quantitative estimate of drug-likeness (QED) is 0.861. The van der Waals surface area contributed by atoms with Gasteiger partial charge < -0.3 is 5.73 Å².